The van der Waals surface area contributed by atoms with E-state index in [4.69, 9.17) is 37.0 Å². The standard InChI is InChI=1S/C72H140O17P2/c1-8-9-10-11-12-22-32-39-46-53-69(74)82-59-67(89-72(77)56-49-42-35-28-21-20-25-31-38-45-52-65(6)7)61-86-90(78,79)84-57-66(73)58-85-91(80,81)87-62-68(60-83-70(75)54-47-40-33-26-19-15-17-24-30-37-44-51-64(4)5)88-71(76)55-48-41-34-27-18-14-13-16-23-29-36-43-50-63(2)3/h63-68,73H,8-62H2,1-7H3,(H,78,79)(H,80,81)/t66-,67+,68+/m0/s1. The Hall–Kier alpha value is -1.94. The van der Waals surface area contributed by atoms with Crippen LogP contribution >= 0.6 is 15.6 Å². The zero-order valence-corrected chi connectivity index (χ0v) is 61.1. The first-order chi connectivity index (χ1) is 43.7. The summed E-state index contributed by atoms with van der Waals surface area (Å²) in [6.07, 6.45) is 47.1. The van der Waals surface area contributed by atoms with Gasteiger partial charge in [-0.3, -0.25) is 37.3 Å². The van der Waals surface area contributed by atoms with Crippen LogP contribution in [0, 0.1) is 17.8 Å². The number of carbonyl (C=O) groups excluding carboxylic acids is 4. The number of aliphatic hydroxyl groups is 1. The van der Waals surface area contributed by atoms with E-state index in [0.29, 0.717) is 25.7 Å². The molecule has 0 amide bonds. The van der Waals surface area contributed by atoms with Gasteiger partial charge in [-0.2, -0.15) is 0 Å². The fourth-order valence-electron chi connectivity index (χ4n) is 10.9. The van der Waals surface area contributed by atoms with Gasteiger partial charge in [-0.05, 0) is 43.4 Å². The third kappa shape index (κ3) is 66.5. The monoisotopic (exact) mass is 1340 g/mol. The summed E-state index contributed by atoms with van der Waals surface area (Å²) in [7, 11) is -9.90. The van der Waals surface area contributed by atoms with Crippen molar-refractivity contribution in [3.63, 3.8) is 0 Å². The molecule has 0 aliphatic heterocycles. The first-order valence-corrected chi connectivity index (χ1v) is 40.3. The second-order valence-electron chi connectivity index (χ2n) is 27.4. The van der Waals surface area contributed by atoms with Crippen molar-refractivity contribution in [2.24, 2.45) is 17.8 Å². The Labute approximate surface area is 556 Å². The maximum atomic E-state index is 13.0. The molecule has 0 aromatic carbocycles. The van der Waals surface area contributed by atoms with E-state index in [0.717, 1.165) is 108 Å². The van der Waals surface area contributed by atoms with E-state index in [2.05, 4.69) is 48.5 Å². The number of aliphatic hydroxyl groups excluding tert-OH is 1. The molecule has 0 bridgehead atoms. The fourth-order valence-corrected chi connectivity index (χ4v) is 12.5. The smallest absolute Gasteiger partial charge is 0.462 e. The highest BCUT2D eigenvalue weighted by Crippen LogP contribution is 2.45. The van der Waals surface area contributed by atoms with Gasteiger partial charge >= 0.3 is 39.5 Å². The SMILES string of the molecule is CCCCCCCCCCCC(=O)OC[C@H](COP(=O)(O)OC[C@H](O)COP(=O)(O)OC[C@@H](COC(=O)CCCCCCCCCCCCCC(C)C)OC(=O)CCCCCCCCCCCCCCC(C)C)OC(=O)CCCCCCCCCCCCC(C)C. The Morgan fingerprint density at radius 2 is 0.505 bits per heavy atom. The van der Waals surface area contributed by atoms with E-state index in [9.17, 15) is 43.2 Å². The first kappa shape index (κ1) is 89.1. The van der Waals surface area contributed by atoms with Crippen molar-refractivity contribution >= 4 is 39.5 Å². The van der Waals surface area contributed by atoms with Crippen molar-refractivity contribution in [1.82, 2.24) is 0 Å². The Bertz CT molecular complexity index is 1780. The molecular weight excluding hydrogens is 1200 g/mol. The summed E-state index contributed by atoms with van der Waals surface area (Å²) in [4.78, 5) is 72.6. The lowest BCUT2D eigenvalue weighted by molar-refractivity contribution is -0.161. The molecule has 2 unspecified atom stereocenters. The van der Waals surface area contributed by atoms with E-state index in [1.54, 1.807) is 0 Å². The number of phosphoric ester groups is 2. The average molecular weight is 1340 g/mol. The van der Waals surface area contributed by atoms with Crippen LogP contribution in [0.3, 0.4) is 0 Å². The lowest BCUT2D eigenvalue weighted by atomic mass is 10.0. The van der Waals surface area contributed by atoms with Gasteiger partial charge in [0.2, 0.25) is 0 Å². The van der Waals surface area contributed by atoms with Crippen molar-refractivity contribution in [1.29, 1.82) is 0 Å². The van der Waals surface area contributed by atoms with Gasteiger partial charge in [0, 0.05) is 25.7 Å². The van der Waals surface area contributed by atoms with E-state index in [1.807, 2.05) is 0 Å². The van der Waals surface area contributed by atoms with Crippen molar-refractivity contribution in [2.45, 2.75) is 381 Å². The van der Waals surface area contributed by atoms with E-state index in [1.165, 1.54) is 173 Å². The number of esters is 4. The molecule has 0 saturated carbocycles. The van der Waals surface area contributed by atoms with Gasteiger partial charge in [0.25, 0.3) is 0 Å². The second kappa shape index (κ2) is 62.8. The largest absolute Gasteiger partial charge is 0.472 e. The minimum absolute atomic E-state index is 0.106. The van der Waals surface area contributed by atoms with Crippen molar-refractivity contribution < 1.29 is 80.2 Å². The topological polar surface area (TPSA) is 237 Å². The molecule has 0 aromatic rings. The normalized spacial score (nSPS) is 14.2. The minimum Gasteiger partial charge on any atom is -0.462 e. The molecular formula is C72H140O17P2. The number of carbonyl (C=O) groups is 4. The Morgan fingerprint density at radius 1 is 0.297 bits per heavy atom. The minimum atomic E-state index is -4.95. The molecule has 0 saturated heterocycles. The highest BCUT2D eigenvalue weighted by Gasteiger charge is 2.30. The number of hydrogen-bond acceptors (Lipinski definition) is 15. The lowest BCUT2D eigenvalue weighted by Crippen LogP contribution is -2.30. The summed E-state index contributed by atoms with van der Waals surface area (Å²) in [6.45, 7) is 11.9. The molecule has 19 heteroatoms. The molecule has 3 N–H and O–H groups in total. The van der Waals surface area contributed by atoms with Crippen LogP contribution in [0.4, 0.5) is 0 Å². The molecule has 0 radical (unpaired) electrons. The van der Waals surface area contributed by atoms with Crippen LogP contribution in [-0.4, -0.2) is 96.7 Å². The Morgan fingerprint density at radius 3 is 0.747 bits per heavy atom. The van der Waals surface area contributed by atoms with Crippen LogP contribution in [0.5, 0.6) is 0 Å². The average Bonchev–Trinajstić information content (AvgIpc) is 3.72. The molecule has 5 atom stereocenters. The third-order valence-electron chi connectivity index (χ3n) is 16.6. The molecule has 0 fully saturated rings. The summed E-state index contributed by atoms with van der Waals surface area (Å²) in [6, 6.07) is 0. The number of hydrogen-bond donors (Lipinski definition) is 3. The summed E-state index contributed by atoms with van der Waals surface area (Å²) in [5.41, 5.74) is 0. The first-order valence-electron chi connectivity index (χ1n) is 37.3. The predicted molar refractivity (Wildman–Crippen MR) is 368 cm³/mol. The van der Waals surface area contributed by atoms with Gasteiger partial charge in [0.15, 0.2) is 12.2 Å². The number of ether oxygens (including phenoxy) is 4. The molecule has 0 aromatic heterocycles. The molecule has 0 rings (SSSR count). The van der Waals surface area contributed by atoms with Gasteiger partial charge < -0.3 is 33.8 Å². The summed E-state index contributed by atoms with van der Waals surface area (Å²) in [5.74, 6) is 0.176. The second-order valence-corrected chi connectivity index (χ2v) is 30.3. The van der Waals surface area contributed by atoms with Crippen molar-refractivity contribution in [2.75, 3.05) is 39.6 Å². The molecule has 0 heterocycles. The number of rotatable bonds is 70. The van der Waals surface area contributed by atoms with Gasteiger partial charge in [-0.15, -0.1) is 0 Å². The summed E-state index contributed by atoms with van der Waals surface area (Å²) >= 11 is 0. The van der Waals surface area contributed by atoms with Crippen molar-refractivity contribution in [3.8, 4) is 0 Å². The quantitative estimate of drug-likeness (QED) is 0.0222. The van der Waals surface area contributed by atoms with E-state index in [-0.39, 0.29) is 25.7 Å². The summed E-state index contributed by atoms with van der Waals surface area (Å²) < 4.78 is 68.4. The summed E-state index contributed by atoms with van der Waals surface area (Å²) in [5, 5.41) is 10.6. The lowest BCUT2D eigenvalue weighted by Gasteiger charge is -2.21. The molecule has 540 valence electrons. The van der Waals surface area contributed by atoms with Crippen LogP contribution in [0.1, 0.15) is 363 Å². The van der Waals surface area contributed by atoms with Crippen LogP contribution in [0.15, 0.2) is 0 Å². The van der Waals surface area contributed by atoms with Gasteiger partial charge in [0.05, 0.1) is 26.4 Å². The highest BCUT2D eigenvalue weighted by atomic mass is 31.2. The molecule has 0 spiro atoms. The van der Waals surface area contributed by atoms with Crippen LogP contribution in [0.25, 0.3) is 0 Å². The zero-order chi connectivity index (χ0) is 67.3. The Balaban J connectivity index is 5.25. The van der Waals surface area contributed by atoms with E-state index >= 15 is 0 Å². The van der Waals surface area contributed by atoms with Crippen molar-refractivity contribution in [3.05, 3.63) is 0 Å². The molecule has 0 aliphatic carbocycles. The molecule has 17 nitrogen and oxygen atoms in total. The third-order valence-corrected chi connectivity index (χ3v) is 18.5. The fraction of sp³-hybridized carbons (Fsp3) is 0.944. The number of unbranched alkanes of at least 4 members (excludes halogenated alkanes) is 38. The predicted octanol–water partition coefficient (Wildman–Crippen LogP) is 20.6. The zero-order valence-electron chi connectivity index (χ0n) is 59.3. The maximum absolute atomic E-state index is 13.0. The van der Waals surface area contributed by atoms with Gasteiger partial charge in [-0.25, -0.2) is 9.13 Å². The van der Waals surface area contributed by atoms with Gasteiger partial charge in [-0.1, -0.05) is 312 Å². The number of phosphoric acid groups is 2. The highest BCUT2D eigenvalue weighted by molar-refractivity contribution is 7.47. The Kier molecular flexibility index (Phi) is 61.5. The maximum Gasteiger partial charge on any atom is 0.472 e. The molecule has 0 aliphatic rings. The van der Waals surface area contributed by atoms with Crippen LogP contribution < -0.4 is 0 Å². The van der Waals surface area contributed by atoms with Crippen LogP contribution in [-0.2, 0) is 65.4 Å². The molecule has 91 heavy (non-hydrogen) atoms. The van der Waals surface area contributed by atoms with E-state index < -0.39 is 97.5 Å². The van der Waals surface area contributed by atoms with Crippen LogP contribution in [0.2, 0.25) is 0 Å². The van der Waals surface area contributed by atoms with Gasteiger partial charge in [0.1, 0.15) is 19.3 Å².